The van der Waals surface area contributed by atoms with Crippen LogP contribution in [0.15, 0.2) is 46.2 Å². The molecule has 3 rings (SSSR count). The summed E-state index contributed by atoms with van der Waals surface area (Å²) in [6.45, 7) is 3.54. The van der Waals surface area contributed by atoms with Crippen LogP contribution in [0.4, 0.5) is 15.8 Å². The molecule has 0 aliphatic carbocycles. The molecular weight excluding hydrogens is 415 g/mol. The third-order valence-electron chi connectivity index (χ3n) is 4.44. The molecule has 0 aromatic heterocycles. The van der Waals surface area contributed by atoms with E-state index in [1.165, 1.54) is 36.0 Å². The molecule has 0 radical (unpaired) electrons. The van der Waals surface area contributed by atoms with Crippen LogP contribution < -0.4 is 10.6 Å². The average Bonchev–Trinajstić information content (AvgIpc) is 2.78. The molecule has 2 aromatic carbocycles. The molecule has 1 atom stereocenters. The Kier molecular flexibility index (Phi) is 6.28. The summed E-state index contributed by atoms with van der Waals surface area (Å²) in [5.74, 6) is -1.54. The van der Waals surface area contributed by atoms with Crippen LogP contribution in [0.1, 0.15) is 25.3 Å². The zero-order valence-electron chi connectivity index (χ0n) is 16.0. The number of aryl methyl sites for hydroxylation is 1. The lowest BCUT2D eigenvalue weighted by Crippen LogP contribution is -2.18. The molecule has 1 aliphatic heterocycles. The number of carbonyl (C=O) groups is 2. The fourth-order valence-corrected chi connectivity index (χ4v) is 5.18. The number of sulfone groups is 1. The Morgan fingerprint density at radius 3 is 2.76 bits per heavy atom. The summed E-state index contributed by atoms with van der Waals surface area (Å²) in [5.41, 5.74) is 1.19. The predicted octanol–water partition coefficient (Wildman–Crippen LogP) is 3.76. The van der Waals surface area contributed by atoms with E-state index in [0.29, 0.717) is 17.7 Å². The Hall–Kier alpha value is -2.39. The summed E-state index contributed by atoms with van der Waals surface area (Å²) in [6, 6.07) is 8.86. The van der Waals surface area contributed by atoms with E-state index in [-0.39, 0.29) is 28.2 Å². The van der Waals surface area contributed by atoms with Gasteiger partial charge in [0.1, 0.15) is 5.82 Å². The van der Waals surface area contributed by atoms with Crippen LogP contribution >= 0.6 is 11.8 Å². The Balaban J connectivity index is 1.68. The number of rotatable bonds is 5. The van der Waals surface area contributed by atoms with Crippen molar-refractivity contribution in [3.8, 4) is 0 Å². The maximum Gasteiger partial charge on any atom is 0.225 e. The first-order valence-electron chi connectivity index (χ1n) is 9.03. The molecule has 0 fully saturated rings. The fraction of sp³-hybridized carbons (Fsp3) is 0.300. The number of nitrogens with one attached hydrogen (secondary N) is 2. The topological polar surface area (TPSA) is 92.3 Å². The summed E-state index contributed by atoms with van der Waals surface area (Å²) in [6.07, 6.45) is 0.0776. The standard InChI is InChI=1S/C20H21FN2O4S2/c1-12-3-4-14(10-16(12)21)22-19(24)7-8-29(26,27)15-5-6-18-17(11-15)23-20(25)9-13(2)28-18/h3-6,10-11,13H,7-9H2,1-2H3,(H,22,24)(H,23,25)/t13-/m0/s1. The van der Waals surface area contributed by atoms with Gasteiger partial charge in [-0.2, -0.15) is 0 Å². The van der Waals surface area contributed by atoms with Gasteiger partial charge >= 0.3 is 0 Å². The molecule has 1 aliphatic rings. The van der Waals surface area contributed by atoms with Crippen LogP contribution in [-0.2, 0) is 19.4 Å². The van der Waals surface area contributed by atoms with E-state index in [1.54, 1.807) is 19.1 Å². The fourth-order valence-electron chi connectivity index (χ4n) is 2.86. The summed E-state index contributed by atoms with van der Waals surface area (Å²) >= 11 is 1.50. The zero-order chi connectivity index (χ0) is 21.2. The van der Waals surface area contributed by atoms with Crippen molar-refractivity contribution in [3.05, 3.63) is 47.8 Å². The van der Waals surface area contributed by atoms with Crippen molar-refractivity contribution in [2.24, 2.45) is 0 Å². The molecular formula is C20H21FN2O4S2. The number of anilines is 2. The minimum Gasteiger partial charge on any atom is -0.326 e. The number of halogens is 1. The van der Waals surface area contributed by atoms with Crippen molar-refractivity contribution < 1.29 is 22.4 Å². The number of carbonyl (C=O) groups excluding carboxylic acids is 2. The summed E-state index contributed by atoms with van der Waals surface area (Å²) < 4.78 is 38.9. The Bertz CT molecular complexity index is 1070. The van der Waals surface area contributed by atoms with Gasteiger partial charge in [0, 0.05) is 28.7 Å². The van der Waals surface area contributed by atoms with E-state index < -0.39 is 27.3 Å². The molecule has 6 nitrogen and oxygen atoms in total. The van der Waals surface area contributed by atoms with Gasteiger partial charge in [0.25, 0.3) is 0 Å². The van der Waals surface area contributed by atoms with E-state index >= 15 is 0 Å². The minimum absolute atomic E-state index is 0.0425. The molecule has 0 bridgehead atoms. The highest BCUT2D eigenvalue weighted by molar-refractivity contribution is 8.00. The zero-order valence-corrected chi connectivity index (χ0v) is 17.6. The maximum atomic E-state index is 13.6. The van der Waals surface area contributed by atoms with Crippen LogP contribution in [-0.4, -0.2) is 31.2 Å². The largest absolute Gasteiger partial charge is 0.326 e. The van der Waals surface area contributed by atoms with Crippen molar-refractivity contribution in [2.45, 2.75) is 41.7 Å². The molecule has 2 N–H and O–H groups in total. The van der Waals surface area contributed by atoms with Crippen molar-refractivity contribution in [1.29, 1.82) is 0 Å². The molecule has 0 unspecified atom stereocenters. The van der Waals surface area contributed by atoms with Crippen LogP contribution in [0.25, 0.3) is 0 Å². The average molecular weight is 437 g/mol. The molecule has 2 amide bonds. The monoisotopic (exact) mass is 436 g/mol. The van der Waals surface area contributed by atoms with Gasteiger partial charge in [-0.05, 0) is 42.8 Å². The highest BCUT2D eigenvalue weighted by Gasteiger charge is 2.23. The number of amides is 2. The Morgan fingerprint density at radius 1 is 1.28 bits per heavy atom. The van der Waals surface area contributed by atoms with Crippen LogP contribution in [0, 0.1) is 12.7 Å². The van der Waals surface area contributed by atoms with Crippen LogP contribution in [0.2, 0.25) is 0 Å². The van der Waals surface area contributed by atoms with Crippen molar-refractivity contribution in [3.63, 3.8) is 0 Å². The molecule has 9 heteroatoms. The van der Waals surface area contributed by atoms with Crippen LogP contribution in [0.3, 0.4) is 0 Å². The molecule has 2 aromatic rings. The normalized spacial score (nSPS) is 16.5. The third kappa shape index (κ3) is 5.36. The van der Waals surface area contributed by atoms with Gasteiger partial charge in [0.05, 0.1) is 16.3 Å². The Labute approximate surface area is 173 Å². The first kappa shape index (κ1) is 21.3. The lowest BCUT2D eigenvalue weighted by Gasteiger charge is -2.11. The van der Waals surface area contributed by atoms with E-state index in [4.69, 9.17) is 0 Å². The number of hydrogen-bond acceptors (Lipinski definition) is 5. The van der Waals surface area contributed by atoms with Gasteiger partial charge < -0.3 is 10.6 Å². The third-order valence-corrected chi connectivity index (χ3v) is 7.33. The maximum absolute atomic E-state index is 13.6. The second-order valence-corrected chi connectivity index (χ2v) is 10.5. The number of thioether (sulfide) groups is 1. The first-order valence-corrected chi connectivity index (χ1v) is 11.6. The number of hydrogen-bond donors (Lipinski definition) is 2. The minimum atomic E-state index is -3.73. The van der Waals surface area contributed by atoms with Crippen molar-refractivity contribution in [2.75, 3.05) is 16.4 Å². The second kappa shape index (κ2) is 8.54. The smallest absolute Gasteiger partial charge is 0.225 e. The lowest BCUT2D eigenvalue weighted by molar-refractivity contribution is -0.116. The van der Waals surface area contributed by atoms with Crippen molar-refractivity contribution >= 4 is 44.8 Å². The highest BCUT2D eigenvalue weighted by atomic mass is 32.2. The molecule has 0 saturated carbocycles. The quantitative estimate of drug-likeness (QED) is 0.745. The van der Waals surface area contributed by atoms with Gasteiger partial charge in [0.2, 0.25) is 11.8 Å². The summed E-state index contributed by atoms with van der Waals surface area (Å²) in [7, 11) is -3.73. The predicted molar refractivity (Wildman–Crippen MR) is 111 cm³/mol. The van der Waals surface area contributed by atoms with Gasteiger partial charge in [-0.25, -0.2) is 12.8 Å². The number of fused-ring (bicyclic) bond motifs is 1. The van der Waals surface area contributed by atoms with Crippen LogP contribution in [0.5, 0.6) is 0 Å². The Morgan fingerprint density at radius 2 is 2.03 bits per heavy atom. The SMILES string of the molecule is Cc1ccc(NC(=O)CCS(=O)(=O)c2ccc3c(c2)NC(=O)C[C@H](C)S3)cc1F. The molecule has 154 valence electrons. The van der Waals surface area contributed by atoms with E-state index in [9.17, 15) is 22.4 Å². The summed E-state index contributed by atoms with van der Waals surface area (Å²) in [5, 5.41) is 5.32. The van der Waals surface area contributed by atoms with E-state index in [1.807, 2.05) is 6.92 Å². The van der Waals surface area contributed by atoms with Gasteiger partial charge in [-0.15, -0.1) is 11.8 Å². The first-order chi connectivity index (χ1) is 13.6. The second-order valence-electron chi connectivity index (χ2n) is 6.92. The molecule has 0 saturated heterocycles. The van der Waals surface area contributed by atoms with E-state index in [0.717, 1.165) is 4.90 Å². The molecule has 29 heavy (non-hydrogen) atoms. The highest BCUT2D eigenvalue weighted by Crippen LogP contribution is 2.36. The molecule has 0 spiro atoms. The van der Waals surface area contributed by atoms with E-state index in [2.05, 4.69) is 10.6 Å². The van der Waals surface area contributed by atoms with Gasteiger partial charge in [0.15, 0.2) is 9.84 Å². The number of benzene rings is 2. The molecule has 1 heterocycles. The van der Waals surface area contributed by atoms with Crippen molar-refractivity contribution in [1.82, 2.24) is 0 Å². The lowest BCUT2D eigenvalue weighted by atomic mass is 10.2. The van der Waals surface area contributed by atoms with Gasteiger partial charge in [-0.3, -0.25) is 9.59 Å². The summed E-state index contributed by atoms with van der Waals surface area (Å²) in [4.78, 5) is 24.8. The van der Waals surface area contributed by atoms with Gasteiger partial charge in [-0.1, -0.05) is 13.0 Å².